The van der Waals surface area contributed by atoms with Gasteiger partial charge in [0.2, 0.25) is 0 Å². The zero-order chi connectivity index (χ0) is 12.3. The smallest absolute Gasteiger partial charge is 0.277 e. The van der Waals surface area contributed by atoms with Crippen molar-refractivity contribution in [1.29, 1.82) is 0 Å². The standard InChI is InChI=1S/C12H10N2O3/c15-8-7-13-11-5-6-12(14(16)17)10-4-2-1-3-9(10)11/h1-6,8,13H,7H2. The van der Waals surface area contributed by atoms with Crippen LogP contribution in [0.1, 0.15) is 0 Å². The van der Waals surface area contributed by atoms with Gasteiger partial charge in [-0.15, -0.1) is 0 Å². The van der Waals surface area contributed by atoms with E-state index in [1.165, 1.54) is 6.07 Å². The summed E-state index contributed by atoms with van der Waals surface area (Å²) in [5, 5.41) is 15.1. The van der Waals surface area contributed by atoms with Crippen molar-refractivity contribution in [3.05, 3.63) is 46.5 Å². The van der Waals surface area contributed by atoms with E-state index in [9.17, 15) is 14.9 Å². The Labute approximate surface area is 97.2 Å². The van der Waals surface area contributed by atoms with Crippen LogP contribution in [-0.2, 0) is 4.79 Å². The largest absolute Gasteiger partial charge is 0.378 e. The highest BCUT2D eigenvalue weighted by Gasteiger charge is 2.13. The van der Waals surface area contributed by atoms with E-state index in [1.807, 2.05) is 0 Å². The second kappa shape index (κ2) is 4.61. The molecule has 0 radical (unpaired) electrons. The van der Waals surface area contributed by atoms with Crippen LogP contribution in [0.3, 0.4) is 0 Å². The zero-order valence-corrected chi connectivity index (χ0v) is 8.92. The molecule has 0 atom stereocenters. The molecule has 0 saturated heterocycles. The number of nitro groups is 1. The lowest BCUT2D eigenvalue weighted by molar-refractivity contribution is -0.383. The molecule has 5 nitrogen and oxygen atoms in total. The molecule has 1 N–H and O–H groups in total. The van der Waals surface area contributed by atoms with E-state index in [0.29, 0.717) is 5.39 Å². The fourth-order valence-corrected chi connectivity index (χ4v) is 1.75. The summed E-state index contributed by atoms with van der Waals surface area (Å²) in [5.41, 5.74) is 0.788. The van der Waals surface area contributed by atoms with Crippen LogP contribution in [0.4, 0.5) is 11.4 Å². The average Bonchev–Trinajstić information content (AvgIpc) is 2.35. The normalized spacial score (nSPS) is 10.1. The minimum atomic E-state index is -0.411. The molecule has 0 fully saturated rings. The molecule has 5 heteroatoms. The third kappa shape index (κ3) is 2.08. The topological polar surface area (TPSA) is 72.2 Å². The number of hydrogen-bond acceptors (Lipinski definition) is 4. The fourth-order valence-electron chi connectivity index (χ4n) is 1.75. The second-order valence-electron chi connectivity index (χ2n) is 3.48. The van der Waals surface area contributed by atoms with Crippen LogP contribution in [0.5, 0.6) is 0 Å². The van der Waals surface area contributed by atoms with Gasteiger partial charge in [0.15, 0.2) is 0 Å². The lowest BCUT2D eigenvalue weighted by Crippen LogP contribution is -2.03. The molecular weight excluding hydrogens is 220 g/mol. The minimum absolute atomic E-state index is 0.0669. The molecule has 17 heavy (non-hydrogen) atoms. The van der Waals surface area contributed by atoms with Gasteiger partial charge in [-0.3, -0.25) is 10.1 Å². The van der Waals surface area contributed by atoms with Gasteiger partial charge in [-0.25, -0.2) is 0 Å². The van der Waals surface area contributed by atoms with Gasteiger partial charge in [-0.05, 0) is 12.1 Å². The third-order valence-corrected chi connectivity index (χ3v) is 2.47. The van der Waals surface area contributed by atoms with Gasteiger partial charge in [-0.2, -0.15) is 0 Å². The average molecular weight is 230 g/mol. The number of benzene rings is 2. The van der Waals surface area contributed by atoms with Crippen molar-refractivity contribution in [3.63, 3.8) is 0 Å². The van der Waals surface area contributed by atoms with Gasteiger partial charge in [-0.1, -0.05) is 18.2 Å². The first-order valence-corrected chi connectivity index (χ1v) is 5.07. The molecular formula is C12H10N2O3. The van der Waals surface area contributed by atoms with Gasteiger partial charge < -0.3 is 10.1 Å². The van der Waals surface area contributed by atoms with E-state index in [0.717, 1.165) is 17.4 Å². The molecule has 0 heterocycles. The maximum Gasteiger partial charge on any atom is 0.277 e. The van der Waals surface area contributed by atoms with Crippen LogP contribution in [0.2, 0.25) is 0 Å². The van der Waals surface area contributed by atoms with Crippen LogP contribution in [0, 0.1) is 10.1 Å². The number of rotatable bonds is 4. The van der Waals surface area contributed by atoms with E-state index < -0.39 is 4.92 Å². The highest BCUT2D eigenvalue weighted by atomic mass is 16.6. The Hall–Kier alpha value is -2.43. The Morgan fingerprint density at radius 2 is 1.88 bits per heavy atom. The van der Waals surface area contributed by atoms with E-state index in [2.05, 4.69) is 5.32 Å². The van der Waals surface area contributed by atoms with Crippen molar-refractivity contribution in [1.82, 2.24) is 0 Å². The van der Waals surface area contributed by atoms with Crippen LogP contribution in [-0.4, -0.2) is 17.8 Å². The SMILES string of the molecule is O=CCNc1ccc([N+](=O)[O-])c2ccccc12. The monoisotopic (exact) mass is 230 g/mol. The molecule has 0 amide bonds. The molecule has 0 aliphatic rings. The van der Waals surface area contributed by atoms with Crippen molar-refractivity contribution in [3.8, 4) is 0 Å². The van der Waals surface area contributed by atoms with Crippen molar-refractivity contribution in [2.75, 3.05) is 11.9 Å². The number of anilines is 1. The lowest BCUT2D eigenvalue weighted by Gasteiger charge is -2.07. The molecule has 0 unspecified atom stereocenters. The first kappa shape index (κ1) is 11.1. The number of carbonyl (C=O) groups is 1. The second-order valence-corrected chi connectivity index (χ2v) is 3.48. The highest BCUT2D eigenvalue weighted by Crippen LogP contribution is 2.30. The summed E-state index contributed by atoms with van der Waals surface area (Å²) < 4.78 is 0. The Balaban J connectivity index is 2.61. The predicted octanol–water partition coefficient (Wildman–Crippen LogP) is 2.36. The maximum atomic E-state index is 10.9. The van der Waals surface area contributed by atoms with Crippen molar-refractivity contribution in [2.45, 2.75) is 0 Å². The Bertz CT molecular complexity index is 581. The van der Waals surface area contributed by atoms with Crippen LogP contribution < -0.4 is 5.32 Å². The Kier molecular flexibility index (Phi) is 3.00. The minimum Gasteiger partial charge on any atom is -0.378 e. The first-order chi connectivity index (χ1) is 8.24. The predicted molar refractivity (Wildman–Crippen MR) is 65.2 cm³/mol. The summed E-state index contributed by atoms with van der Waals surface area (Å²) >= 11 is 0. The zero-order valence-electron chi connectivity index (χ0n) is 8.92. The molecule has 0 aliphatic heterocycles. The first-order valence-electron chi connectivity index (χ1n) is 5.07. The number of fused-ring (bicyclic) bond motifs is 1. The molecule has 2 aromatic carbocycles. The Morgan fingerprint density at radius 1 is 1.18 bits per heavy atom. The number of aldehydes is 1. The summed E-state index contributed by atoms with van der Waals surface area (Å²) in [6.07, 6.45) is 0.746. The molecule has 86 valence electrons. The molecule has 2 rings (SSSR count). The van der Waals surface area contributed by atoms with Gasteiger partial charge >= 0.3 is 0 Å². The molecule has 0 aliphatic carbocycles. The number of nitrogens with zero attached hydrogens (tertiary/aromatic N) is 1. The summed E-state index contributed by atoms with van der Waals surface area (Å²) in [5.74, 6) is 0. The molecule has 0 saturated carbocycles. The third-order valence-electron chi connectivity index (χ3n) is 2.47. The fraction of sp³-hybridized carbons (Fsp3) is 0.0833. The quantitative estimate of drug-likeness (QED) is 0.497. The lowest BCUT2D eigenvalue weighted by atomic mass is 10.1. The van der Waals surface area contributed by atoms with Gasteiger partial charge in [0.05, 0.1) is 16.9 Å². The van der Waals surface area contributed by atoms with Crippen molar-refractivity contribution >= 4 is 28.4 Å². The maximum absolute atomic E-state index is 10.9. The van der Waals surface area contributed by atoms with Gasteiger partial charge in [0, 0.05) is 17.1 Å². The number of hydrogen-bond donors (Lipinski definition) is 1. The molecule has 2 aromatic rings. The number of nitrogens with one attached hydrogen (secondary N) is 1. The number of carbonyl (C=O) groups excluding carboxylic acids is 1. The van der Waals surface area contributed by atoms with Crippen molar-refractivity contribution < 1.29 is 9.72 Å². The highest BCUT2D eigenvalue weighted by molar-refractivity contribution is 5.99. The summed E-state index contributed by atoms with van der Waals surface area (Å²) in [6.45, 7) is 0.182. The Morgan fingerprint density at radius 3 is 2.53 bits per heavy atom. The summed E-state index contributed by atoms with van der Waals surface area (Å²) in [7, 11) is 0. The van der Waals surface area contributed by atoms with E-state index in [1.54, 1.807) is 30.3 Å². The number of non-ortho nitro benzene ring substituents is 1. The van der Waals surface area contributed by atoms with E-state index in [4.69, 9.17) is 0 Å². The van der Waals surface area contributed by atoms with Crippen LogP contribution >= 0.6 is 0 Å². The van der Waals surface area contributed by atoms with E-state index in [-0.39, 0.29) is 12.2 Å². The molecule has 0 bridgehead atoms. The molecule has 0 spiro atoms. The van der Waals surface area contributed by atoms with Crippen LogP contribution in [0.15, 0.2) is 36.4 Å². The van der Waals surface area contributed by atoms with Gasteiger partial charge in [0.25, 0.3) is 5.69 Å². The van der Waals surface area contributed by atoms with E-state index >= 15 is 0 Å². The summed E-state index contributed by atoms with van der Waals surface area (Å²) in [6, 6.07) is 10.1. The van der Waals surface area contributed by atoms with Gasteiger partial charge in [0.1, 0.15) is 6.29 Å². The molecule has 0 aromatic heterocycles. The van der Waals surface area contributed by atoms with Crippen molar-refractivity contribution in [2.24, 2.45) is 0 Å². The summed E-state index contributed by atoms with van der Waals surface area (Å²) in [4.78, 5) is 20.8. The van der Waals surface area contributed by atoms with Crippen LogP contribution in [0.25, 0.3) is 10.8 Å². The number of nitro benzene ring substituents is 1.